The Hall–Kier alpha value is -2.41. The van der Waals surface area contributed by atoms with Crippen LogP contribution in [0.25, 0.3) is 22.7 Å². The minimum atomic E-state index is -3.63. The van der Waals surface area contributed by atoms with Crippen LogP contribution in [-0.2, 0) is 10.1 Å². The van der Waals surface area contributed by atoms with Gasteiger partial charge in [0.1, 0.15) is 0 Å². The molecule has 0 saturated carbocycles. The summed E-state index contributed by atoms with van der Waals surface area (Å²) >= 11 is 0. The van der Waals surface area contributed by atoms with E-state index in [-0.39, 0.29) is 17.4 Å². The Morgan fingerprint density at radius 3 is 2.82 bits per heavy atom. The zero-order valence-electron chi connectivity index (χ0n) is 12.1. The van der Waals surface area contributed by atoms with Crippen molar-refractivity contribution in [2.75, 3.05) is 5.75 Å². The van der Waals surface area contributed by atoms with Crippen molar-refractivity contribution in [3.8, 4) is 17.2 Å². The number of aromatic nitrogens is 2. The zero-order chi connectivity index (χ0) is 15.7. The zero-order valence-corrected chi connectivity index (χ0v) is 12.9. The number of pyridine rings is 1. The number of aryl methyl sites for hydroxylation is 1. The summed E-state index contributed by atoms with van der Waals surface area (Å²) in [5, 5.41) is 0. The summed E-state index contributed by atoms with van der Waals surface area (Å²) in [4.78, 5) is 8.39. The van der Waals surface area contributed by atoms with Crippen molar-refractivity contribution >= 4 is 21.3 Å². The predicted octanol–water partition coefficient (Wildman–Crippen LogP) is 2.93. The minimum Gasteiger partial charge on any atom is -0.434 e. The second kappa shape index (κ2) is 5.42. The van der Waals surface area contributed by atoms with E-state index in [9.17, 15) is 8.42 Å². The second-order valence-electron chi connectivity index (χ2n) is 4.77. The van der Waals surface area contributed by atoms with Gasteiger partial charge in [-0.1, -0.05) is 11.6 Å². The topological polar surface area (TPSA) is 82.3 Å². The van der Waals surface area contributed by atoms with Gasteiger partial charge in [0.05, 0.1) is 11.3 Å². The molecule has 3 rings (SSSR count). The van der Waals surface area contributed by atoms with E-state index in [0.29, 0.717) is 16.8 Å². The largest absolute Gasteiger partial charge is 0.434 e. The van der Waals surface area contributed by atoms with Crippen LogP contribution in [0.2, 0.25) is 0 Å². The third kappa shape index (κ3) is 2.80. The molecule has 2 heterocycles. The van der Waals surface area contributed by atoms with Crippen LogP contribution in [0.1, 0.15) is 12.5 Å². The highest BCUT2D eigenvalue weighted by atomic mass is 32.2. The first-order chi connectivity index (χ1) is 10.5. The van der Waals surface area contributed by atoms with Crippen LogP contribution in [0.5, 0.6) is 5.75 Å². The average molecular weight is 318 g/mol. The van der Waals surface area contributed by atoms with Gasteiger partial charge >= 0.3 is 10.1 Å². The van der Waals surface area contributed by atoms with Gasteiger partial charge in [-0.3, -0.25) is 0 Å². The maximum atomic E-state index is 11.7. The molecule has 0 N–H and O–H groups in total. The Bertz CT molecular complexity index is 899. The highest BCUT2D eigenvalue weighted by Crippen LogP contribution is 2.33. The van der Waals surface area contributed by atoms with Gasteiger partial charge in [0.15, 0.2) is 17.0 Å². The molecular formula is C15H14N2O4S. The molecule has 0 radical (unpaired) electrons. The van der Waals surface area contributed by atoms with Crippen molar-refractivity contribution in [3.05, 3.63) is 42.1 Å². The lowest BCUT2D eigenvalue weighted by Crippen LogP contribution is -2.12. The lowest BCUT2D eigenvalue weighted by atomic mass is 10.1. The summed E-state index contributed by atoms with van der Waals surface area (Å²) in [5.41, 5.74) is 2.41. The van der Waals surface area contributed by atoms with E-state index >= 15 is 0 Å². The number of hydrogen-bond acceptors (Lipinski definition) is 6. The van der Waals surface area contributed by atoms with Crippen LogP contribution in [0.15, 0.2) is 40.9 Å². The Morgan fingerprint density at radius 1 is 1.27 bits per heavy atom. The molecule has 0 bridgehead atoms. The van der Waals surface area contributed by atoms with Crippen molar-refractivity contribution in [1.82, 2.24) is 9.97 Å². The van der Waals surface area contributed by atoms with E-state index < -0.39 is 10.1 Å². The third-order valence-corrected chi connectivity index (χ3v) is 4.24. The van der Waals surface area contributed by atoms with Crippen molar-refractivity contribution in [2.45, 2.75) is 13.8 Å². The Morgan fingerprint density at radius 2 is 2.09 bits per heavy atom. The van der Waals surface area contributed by atoms with Gasteiger partial charge in [-0.25, -0.2) is 4.98 Å². The van der Waals surface area contributed by atoms with E-state index in [0.717, 1.165) is 5.56 Å². The molecule has 1 aromatic carbocycles. The molecule has 0 aliphatic carbocycles. The van der Waals surface area contributed by atoms with Crippen LogP contribution >= 0.6 is 0 Å². The molecule has 0 aliphatic rings. The smallest absolute Gasteiger partial charge is 0.308 e. The average Bonchev–Trinajstić information content (AvgIpc) is 2.92. The number of benzene rings is 1. The highest BCUT2D eigenvalue weighted by Gasteiger charge is 2.18. The Balaban J connectivity index is 2.14. The maximum Gasteiger partial charge on any atom is 0.308 e. The summed E-state index contributed by atoms with van der Waals surface area (Å²) in [7, 11) is -3.63. The first-order valence-corrected chi connectivity index (χ1v) is 8.31. The lowest BCUT2D eigenvalue weighted by molar-refractivity contribution is 0.487. The molecule has 3 aromatic rings. The lowest BCUT2D eigenvalue weighted by Gasteiger charge is -2.09. The SMILES string of the molecule is CCS(=O)(=O)Oc1ccc(C)cc1-c1nc2ncccc2o1. The fourth-order valence-corrected chi connectivity index (χ4v) is 2.50. The number of nitrogens with zero attached hydrogens (tertiary/aromatic N) is 2. The molecule has 22 heavy (non-hydrogen) atoms. The Labute approximate surface area is 127 Å². The molecule has 6 nitrogen and oxygen atoms in total. The summed E-state index contributed by atoms with van der Waals surface area (Å²) in [5.74, 6) is 0.354. The van der Waals surface area contributed by atoms with Gasteiger partial charge < -0.3 is 8.60 Å². The van der Waals surface area contributed by atoms with Crippen LogP contribution in [0.4, 0.5) is 0 Å². The van der Waals surface area contributed by atoms with Crippen LogP contribution in [0.3, 0.4) is 0 Å². The quantitative estimate of drug-likeness (QED) is 0.688. The van der Waals surface area contributed by atoms with Crippen molar-refractivity contribution in [3.63, 3.8) is 0 Å². The first-order valence-electron chi connectivity index (χ1n) is 6.73. The molecule has 0 aliphatic heterocycles. The molecule has 0 atom stereocenters. The fourth-order valence-electron chi connectivity index (χ4n) is 1.96. The maximum absolute atomic E-state index is 11.7. The van der Waals surface area contributed by atoms with E-state index in [2.05, 4.69) is 9.97 Å². The fraction of sp³-hybridized carbons (Fsp3) is 0.200. The number of rotatable bonds is 4. The van der Waals surface area contributed by atoms with E-state index in [1.165, 1.54) is 6.92 Å². The second-order valence-corrected chi connectivity index (χ2v) is 6.63. The van der Waals surface area contributed by atoms with Crippen molar-refractivity contribution in [2.24, 2.45) is 0 Å². The van der Waals surface area contributed by atoms with Gasteiger partial charge in [-0.15, -0.1) is 0 Å². The molecule has 0 saturated heterocycles. The molecular weight excluding hydrogens is 304 g/mol. The van der Waals surface area contributed by atoms with Crippen LogP contribution in [-0.4, -0.2) is 24.1 Å². The third-order valence-electron chi connectivity index (χ3n) is 3.10. The highest BCUT2D eigenvalue weighted by molar-refractivity contribution is 7.87. The van der Waals surface area contributed by atoms with E-state index in [4.69, 9.17) is 8.60 Å². The van der Waals surface area contributed by atoms with Crippen molar-refractivity contribution < 1.29 is 17.0 Å². The first kappa shape index (κ1) is 14.5. The van der Waals surface area contributed by atoms with Crippen LogP contribution in [0, 0.1) is 6.92 Å². The van der Waals surface area contributed by atoms with E-state index in [1.54, 1.807) is 36.5 Å². The molecule has 2 aromatic heterocycles. The summed E-state index contributed by atoms with van der Waals surface area (Å²) in [6.45, 7) is 3.41. The van der Waals surface area contributed by atoms with Gasteiger partial charge in [-0.05, 0) is 38.1 Å². The van der Waals surface area contributed by atoms with E-state index in [1.807, 2.05) is 6.92 Å². The summed E-state index contributed by atoms with van der Waals surface area (Å²) < 4.78 is 34.2. The molecule has 114 valence electrons. The normalized spacial score (nSPS) is 11.7. The standard InChI is InChI=1S/C15H14N2O4S/c1-3-22(18,19)21-12-7-6-10(2)9-11(12)15-17-14-13(20-15)5-4-8-16-14/h4-9H,3H2,1-2H3. The summed E-state index contributed by atoms with van der Waals surface area (Å²) in [6, 6.07) is 8.63. The molecule has 0 amide bonds. The summed E-state index contributed by atoms with van der Waals surface area (Å²) in [6.07, 6.45) is 1.61. The van der Waals surface area contributed by atoms with Crippen molar-refractivity contribution in [1.29, 1.82) is 0 Å². The monoisotopic (exact) mass is 318 g/mol. The Kier molecular flexibility index (Phi) is 3.58. The molecule has 0 unspecified atom stereocenters. The van der Waals surface area contributed by atoms with Gasteiger partial charge in [0.2, 0.25) is 5.89 Å². The molecule has 0 spiro atoms. The minimum absolute atomic E-state index is 0.116. The van der Waals surface area contributed by atoms with Gasteiger partial charge in [0, 0.05) is 6.20 Å². The molecule has 0 fully saturated rings. The van der Waals surface area contributed by atoms with Gasteiger partial charge in [-0.2, -0.15) is 13.4 Å². The predicted molar refractivity (Wildman–Crippen MR) is 82.1 cm³/mol. The number of oxazole rings is 1. The number of fused-ring (bicyclic) bond motifs is 1. The molecule has 7 heteroatoms. The van der Waals surface area contributed by atoms with Gasteiger partial charge in [0.25, 0.3) is 0 Å². The number of hydrogen-bond donors (Lipinski definition) is 0. The van der Waals surface area contributed by atoms with Crippen LogP contribution < -0.4 is 4.18 Å².